The Labute approximate surface area is 156 Å². The topological polar surface area (TPSA) is 67.2 Å². The van der Waals surface area contributed by atoms with Gasteiger partial charge in [0.05, 0.1) is 22.0 Å². The van der Waals surface area contributed by atoms with E-state index in [2.05, 4.69) is 25.3 Å². The molecule has 0 N–H and O–H groups in total. The van der Waals surface area contributed by atoms with E-state index >= 15 is 0 Å². The van der Waals surface area contributed by atoms with Crippen molar-refractivity contribution in [1.29, 1.82) is 0 Å². The van der Waals surface area contributed by atoms with Crippen LogP contribution < -0.4 is 4.90 Å². The summed E-state index contributed by atoms with van der Waals surface area (Å²) in [4.78, 5) is 25.5. The standard InChI is InChI=1S/C18H22N6OS/c1-22(18(25)14-9-21-23(2)11-14)10-13-3-6-24(7-4-13)17-16-15(5-8-26-16)19-12-20-17/h5,8-9,11-13H,3-4,6-7,10H2,1-2H3. The molecule has 0 radical (unpaired) electrons. The van der Waals surface area contributed by atoms with Crippen LogP contribution in [-0.2, 0) is 7.05 Å². The molecule has 1 amide bonds. The fourth-order valence-corrected chi connectivity index (χ4v) is 4.41. The van der Waals surface area contributed by atoms with Crippen LogP contribution in [0.4, 0.5) is 5.82 Å². The molecule has 1 fully saturated rings. The fourth-order valence-electron chi connectivity index (χ4n) is 3.55. The lowest BCUT2D eigenvalue weighted by atomic mass is 9.96. The lowest BCUT2D eigenvalue weighted by Gasteiger charge is -2.34. The Balaban J connectivity index is 1.36. The molecule has 0 bridgehead atoms. The number of aryl methyl sites for hydroxylation is 1. The molecule has 26 heavy (non-hydrogen) atoms. The third-order valence-electron chi connectivity index (χ3n) is 4.97. The molecule has 1 aliphatic rings. The smallest absolute Gasteiger partial charge is 0.256 e. The van der Waals surface area contributed by atoms with E-state index in [1.165, 1.54) is 0 Å². The monoisotopic (exact) mass is 370 g/mol. The average Bonchev–Trinajstić information content (AvgIpc) is 3.30. The van der Waals surface area contributed by atoms with E-state index in [4.69, 9.17) is 0 Å². The van der Waals surface area contributed by atoms with E-state index in [1.807, 2.05) is 25.1 Å². The van der Waals surface area contributed by atoms with Gasteiger partial charge >= 0.3 is 0 Å². The Morgan fingerprint density at radius 1 is 1.35 bits per heavy atom. The van der Waals surface area contributed by atoms with Crippen LogP contribution in [0.5, 0.6) is 0 Å². The summed E-state index contributed by atoms with van der Waals surface area (Å²) in [5, 5.41) is 6.15. The molecular formula is C18H22N6OS. The van der Waals surface area contributed by atoms with Crippen LogP contribution in [0.25, 0.3) is 10.2 Å². The van der Waals surface area contributed by atoms with Crippen molar-refractivity contribution in [3.05, 3.63) is 35.7 Å². The van der Waals surface area contributed by atoms with Crippen LogP contribution in [0, 0.1) is 5.92 Å². The number of fused-ring (bicyclic) bond motifs is 1. The molecule has 0 aromatic carbocycles. The molecule has 4 rings (SSSR count). The van der Waals surface area contributed by atoms with Crippen molar-refractivity contribution in [3.8, 4) is 0 Å². The molecule has 0 spiro atoms. The van der Waals surface area contributed by atoms with Crippen LogP contribution in [0.1, 0.15) is 23.2 Å². The first kappa shape index (κ1) is 17.0. The van der Waals surface area contributed by atoms with Gasteiger partial charge in [-0.1, -0.05) is 0 Å². The molecule has 0 atom stereocenters. The Bertz CT molecular complexity index is 911. The summed E-state index contributed by atoms with van der Waals surface area (Å²) in [5.74, 6) is 1.59. The molecule has 0 saturated carbocycles. The number of nitrogens with zero attached hydrogens (tertiary/aromatic N) is 6. The zero-order valence-electron chi connectivity index (χ0n) is 15.0. The predicted molar refractivity (Wildman–Crippen MR) is 103 cm³/mol. The lowest BCUT2D eigenvalue weighted by Crippen LogP contribution is -2.39. The lowest BCUT2D eigenvalue weighted by molar-refractivity contribution is 0.0765. The molecule has 3 aromatic heterocycles. The summed E-state index contributed by atoms with van der Waals surface area (Å²) in [7, 11) is 3.70. The van der Waals surface area contributed by atoms with Crippen molar-refractivity contribution in [2.75, 3.05) is 31.6 Å². The van der Waals surface area contributed by atoms with E-state index in [0.717, 1.165) is 48.5 Å². The first-order valence-corrected chi connectivity index (χ1v) is 9.67. The van der Waals surface area contributed by atoms with Crippen molar-refractivity contribution in [2.24, 2.45) is 13.0 Å². The van der Waals surface area contributed by atoms with E-state index < -0.39 is 0 Å². The van der Waals surface area contributed by atoms with Crippen molar-refractivity contribution in [2.45, 2.75) is 12.8 Å². The Kier molecular flexibility index (Phi) is 4.58. The molecule has 1 aliphatic heterocycles. The number of hydrogen-bond acceptors (Lipinski definition) is 6. The van der Waals surface area contributed by atoms with Crippen molar-refractivity contribution < 1.29 is 4.79 Å². The van der Waals surface area contributed by atoms with Crippen molar-refractivity contribution in [3.63, 3.8) is 0 Å². The van der Waals surface area contributed by atoms with Crippen LogP contribution >= 0.6 is 11.3 Å². The first-order chi connectivity index (χ1) is 12.6. The maximum absolute atomic E-state index is 12.5. The third kappa shape index (κ3) is 3.29. The number of anilines is 1. The van der Waals surface area contributed by atoms with Crippen LogP contribution in [0.3, 0.4) is 0 Å². The normalized spacial score (nSPS) is 15.5. The SMILES string of the molecule is CN(CC1CCN(c2ncnc3ccsc23)CC1)C(=O)c1cnn(C)c1. The molecule has 1 saturated heterocycles. The second kappa shape index (κ2) is 7.03. The molecule has 7 nitrogen and oxygen atoms in total. The van der Waals surface area contributed by atoms with Gasteiger partial charge in [0.25, 0.3) is 5.91 Å². The van der Waals surface area contributed by atoms with Gasteiger partial charge in [0.15, 0.2) is 0 Å². The number of thiophene rings is 1. The number of carbonyl (C=O) groups excluding carboxylic acids is 1. The summed E-state index contributed by atoms with van der Waals surface area (Å²) < 4.78 is 2.82. The Morgan fingerprint density at radius 3 is 2.88 bits per heavy atom. The molecule has 8 heteroatoms. The fraction of sp³-hybridized carbons (Fsp3) is 0.444. The van der Waals surface area contributed by atoms with Crippen molar-refractivity contribution >= 4 is 33.3 Å². The number of piperidine rings is 1. The predicted octanol–water partition coefficient (Wildman–Crippen LogP) is 2.41. The highest BCUT2D eigenvalue weighted by Crippen LogP contribution is 2.30. The minimum atomic E-state index is 0.0385. The maximum Gasteiger partial charge on any atom is 0.256 e. The van der Waals surface area contributed by atoms with Gasteiger partial charge in [-0.15, -0.1) is 11.3 Å². The van der Waals surface area contributed by atoms with Crippen LogP contribution in [-0.4, -0.2) is 57.2 Å². The Hall–Kier alpha value is -2.48. The number of amides is 1. The molecule has 0 aliphatic carbocycles. The minimum absolute atomic E-state index is 0.0385. The summed E-state index contributed by atoms with van der Waals surface area (Å²) in [6.45, 7) is 2.70. The van der Waals surface area contributed by atoms with Crippen LogP contribution in [0.2, 0.25) is 0 Å². The second-order valence-electron chi connectivity index (χ2n) is 6.85. The van der Waals surface area contributed by atoms with Gasteiger partial charge in [-0.05, 0) is 30.2 Å². The highest BCUT2D eigenvalue weighted by Gasteiger charge is 2.24. The van der Waals surface area contributed by atoms with Gasteiger partial charge < -0.3 is 9.80 Å². The van der Waals surface area contributed by atoms with Gasteiger partial charge in [0.1, 0.15) is 12.1 Å². The molecular weight excluding hydrogens is 348 g/mol. The molecule has 3 aromatic rings. The van der Waals surface area contributed by atoms with Crippen LogP contribution in [0.15, 0.2) is 30.2 Å². The van der Waals surface area contributed by atoms with E-state index in [1.54, 1.807) is 34.7 Å². The van der Waals surface area contributed by atoms with E-state index in [-0.39, 0.29) is 5.91 Å². The van der Waals surface area contributed by atoms with Gasteiger partial charge in [-0.2, -0.15) is 5.10 Å². The quantitative estimate of drug-likeness (QED) is 0.706. The minimum Gasteiger partial charge on any atom is -0.355 e. The van der Waals surface area contributed by atoms with Gasteiger partial charge in [-0.25, -0.2) is 9.97 Å². The summed E-state index contributed by atoms with van der Waals surface area (Å²) in [5.41, 5.74) is 1.66. The van der Waals surface area contributed by atoms with Gasteiger partial charge in [-0.3, -0.25) is 9.48 Å². The zero-order chi connectivity index (χ0) is 18.1. The van der Waals surface area contributed by atoms with E-state index in [9.17, 15) is 4.79 Å². The van der Waals surface area contributed by atoms with Crippen molar-refractivity contribution in [1.82, 2.24) is 24.6 Å². The largest absolute Gasteiger partial charge is 0.355 e. The number of aromatic nitrogens is 4. The molecule has 4 heterocycles. The molecule has 0 unspecified atom stereocenters. The first-order valence-electron chi connectivity index (χ1n) is 8.79. The highest BCUT2D eigenvalue weighted by molar-refractivity contribution is 7.17. The maximum atomic E-state index is 12.5. The van der Waals surface area contributed by atoms with E-state index in [0.29, 0.717) is 11.5 Å². The average molecular weight is 370 g/mol. The third-order valence-corrected chi connectivity index (χ3v) is 5.87. The number of carbonyl (C=O) groups is 1. The second-order valence-corrected chi connectivity index (χ2v) is 7.77. The summed E-state index contributed by atoms with van der Waals surface area (Å²) in [6.07, 6.45) is 7.16. The summed E-state index contributed by atoms with van der Waals surface area (Å²) >= 11 is 1.70. The number of hydrogen-bond donors (Lipinski definition) is 0. The molecule has 136 valence electrons. The summed E-state index contributed by atoms with van der Waals surface area (Å²) in [6, 6.07) is 2.04. The highest BCUT2D eigenvalue weighted by atomic mass is 32.1. The van der Waals surface area contributed by atoms with Gasteiger partial charge in [0.2, 0.25) is 0 Å². The number of rotatable bonds is 4. The van der Waals surface area contributed by atoms with Gasteiger partial charge in [0, 0.05) is 39.9 Å². The zero-order valence-corrected chi connectivity index (χ0v) is 15.8. The Morgan fingerprint density at radius 2 is 2.15 bits per heavy atom.